The fourth-order valence-electron chi connectivity index (χ4n) is 3.30. The summed E-state index contributed by atoms with van der Waals surface area (Å²) in [7, 11) is 1.97. The average molecular weight is 269 g/mol. The number of nitrogens with zero attached hydrogens (tertiary/aromatic N) is 2. The third-order valence-electron chi connectivity index (χ3n) is 4.28. The van der Waals surface area contributed by atoms with Gasteiger partial charge < -0.3 is 10.2 Å². The number of pyridine rings is 1. The average Bonchev–Trinajstić information content (AvgIpc) is 2.46. The van der Waals surface area contributed by atoms with E-state index in [0.29, 0.717) is 0 Å². The van der Waals surface area contributed by atoms with E-state index in [2.05, 4.69) is 48.3 Å². The van der Waals surface area contributed by atoms with Crippen LogP contribution in [0.15, 0.2) is 24.3 Å². The summed E-state index contributed by atoms with van der Waals surface area (Å²) in [5.74, 6) is 1.91. The Kier molecular flexibility index (Phi) is 3.51. The first-order valence-electron chi connectivity index (χ1n) is 7.52. The Bertz CT molecular complexity index is 621. The van der Waals surface area contributed by atoms with Gasteiger partial charge in [0.2, 0.25) is 0 Å². The van der Waals surface area contributed by atoms with E-state index in [9.17, 15) is 0 Å². The van der Waals surface area contributed by atoms with Gasteiger partial charge >= 0.3 is 0 Å². The number of aryl methyl sites for hydroxylation is 1. The van der Waals surface area contributed by atoms with E-state index < -0.39 is 0 Å². The first-order valence-corrected chi connectivity index (χ1v) is 7.52. The topological polar surface area (TPSA) is 28.2 Å². The van der Waals surface area contributed by atoms with Crippen LogP contribution in [0.2, 0.25) is 0 Å². The first kappa shape index (κ1) is 13.2. The van der Waals surface area contributed by atoms with Crippen molar-refractivity contribution in [3.8, 4) is 0 Å². The summed E-state index contributed by atoms with van der Waals surface area (Å²) in [4.78, 5) is 7.35. The molecule has 1 fully saturated rings. The van der Waals surface area contributed by atoms with Gasteiger partial charge in [0.15, 0.2) is 0 Å². The molecule has 0 radical (unpaired) electrons. The highest BCUT2D eigenvalue weighted by Gasteiger charge is 2.20. The van der Waals surface area contributed by atoms with Gasteiger partial charge in [-0.05, 0) is 25.7 Å². The lowest BCUT2D eigenvalue weighted by Crippen LogP contribution is -2.35. The summed E-state index contributed by atoms with van der Waals surface area (Å²) in [6.07, 6.45) is 2.60. The van der Waals surface area contributed by atoms with Crippen LogP contribution in [0, 0.1) is 12.8 Å². The molecule has 1 aromatic carbocycles. The van der Waals surface area contributed by atoms with E-state index in [0.717, 1.165) is 36.2 Å². The highest BCUT2D eigenvalue weighted by Crippen LogP contribution is 2.34. The molecule has 1 saturated heterocycles. The number of benzene rings is 1. The van der Waals surface area contributed by atoms with E-state index in [-0.39, 0.29) is 0 Å². The molecule has 1 atom stereocenters. The zero-order valence-corrected chi connectivity index (χ0v) is 12.6. The number of hydrogen-bond acceptors (Lipinski definition) is 3. The zero-order chi connectivity index (χ0) is 14.1. The predicted octanol–water partition coefficient (Wildman–Crippen LogP) is 3.82. The molecule has 0 aliphatic carbocycles. The molecule has 3 heteroatoms. The molecule has 1 N–H and O–H groups in total. The van der Waals surface area contributed by atoms with Crippen LogP contribution in [0.1, 0.15) is 25.5 Å². The molecule has 2 aromatic rings. The van der Waals surface area contributed by atoms with Gasteiger partial charge in [-0.25, -0.2) is 4.98 Å². The largest absolute Gasteiger partial charge is 0.386 e. The minimum absolute atomic E-state index is 0.758. The Morgan fingerprint density at radius 3 is 2.70 bits per heavy atom. The van der Waals surface area contributed by atoms with Crippen molar-refractivity contribution in [2.24, 2.45) is 5.92 Å². The van der Waals surface area contributed by atoms with Crippen molar-refractivity contribution in [1.29, 1.82) is 0 Å². The summed E-state index contributed by atoms with van der Waals surface area (Å²) in [6, 6.07) is 8.59. The smallest absolute Gasteiger partial charge is 0.136 e. The van der Waals surface area contributed by atoms with Crippen LogP contribution in [0.3, 0.4) is 0 Å². The number of piperidine rings is 1. The van der Waals surface area contributed by atoms with Crippen molar-refractivity contribution in [2.75, 3.05) is 30.4 Å². The van der Waals surface area contributed by atoms with E-state index in [1.165, 1.54) is 23.6 Å². The number of rotatable bonds is 2. The Morgan fingerprint density at radius 2 is 2.00 bits per heavy atom. The standard InChI is InChI=1S/C17H23N3/c1-12-7-6-10-20(11-12)17-15-9-5-4-8-14(15)16(18-3)13(2)19-17/h4-5,8-9,12,18H,6-7,10-11H2,1-3H3. The molecule has 0 bridgehead atoms. The van der Waals surface area contributed by atoms with Crippen molar-refractivity contribution >= 4 is 22.3 Å². The van der Waals surface area contributed by atoms with E-state index in [1.807, 2.05) is 7.05 Å². The molecule has 3 nitrogen and oxygen atoms in total. The van der Waals surface area contributed by atoms with Gasteiger partial charge in [0.1, 0.15) is 5.82 Å². The lowest BCUT2D eigenvalue weighted by Gasteiger charge is -2.33. The van der Waals surface area contributed by atoms with Crippen molar-refractivity contribution in [1.82, 2.24) is 4.98 Å². The van der Waals surface area contributed by atoms with Crippen LogP contribution < -0.4 is 10.2 Å². The second-order valence-corrected chi connectivity index (χ2v) is 5.88. The molecule has 3 rings (SSSR count). The van der Waals surface area contributed by atoms with Gasteiger partial charge in [-0.3, -0.25) is 0 Å². The number of aromatic nitrogens is 1. The molecule has 1 aliphatic heterocycles. The minimum Gasteiger partial charge on any atom is -0.386 e. The van der Waals surface area contributed by atoms with Crippen LogP contribution in [0.25, 0.3) is 10.8 Å². The predicted molar refractivity (Wildman–Crippen MR) is 86.6 cm³/mol. The lowest BCUT2D eigenvalue weighted by atomic mass is 9.99. The normalized spacial score (nSPS) is 19.4. The fraction of sp³-hybridized carbons (Fsp3) is 0.471. The molecule has 20 heavy (non-hydrogen) atoms. The van der Waals surface area contributed by atoms with Crippen LogP contribution in [0.4, 0.5) is 11.5 Å². The van der Waals surface area contributed by atoms with Gasteiger partial charge in [0.05, 0.1) is 11.4 Å². The quantitative estimate of drug-likeness (QED) is 0.898. The molecule has 0 amide bonds. The van der Waals surface area contributed by atoms with E-state index in [1.54, 1.807) is 0 Å². The van der Waals surface area contributed by atoms with Gasteiger partial charge in [-0.2, -0.15) is 0 Å². The van der Waals surface area contributed by atoms with Crippen molar-refractivity contribution in [3.63, 3.8) is 0 Å². The highest BCUT2D eigenvalue weighted by molar-refractivity contribution is 6.01. The lowest BCUT2D eigenvalue weighted by molar-refractivity contribution is 0.445. The van der Waals surface area contributed by atoms with Crippen LogP contribution in [-0.4, -0.2) is 25.1 Å². The molecule has 0 spiro atoms. The van der Waals surface area contributed by atoms with Crippen molar-refractivity contribution < 1.29 is 0 Å². The molecule has 1 aromatic heterocycles. The third kappa shape index (κ3) is 2.21. The highest BCUT2D eigenvalue weighted by atomic mass is 15.2. The van der Waals surface area contributed by atoms with Crippen molar-refractivity contribution in [2.45, 2.75) is 26.7 Å². The Morgan fingerprint density at radius 1 is 1.25 bits per heavy atom. The summed E-state index contributed by atoms with van der Waals surface area (Å²) in [5, 5.41) is 5.83. The second kappa shape index (κ2) is 5.31. The molecule has 1 unspecified atom stereocenters. The van der Waals surface area contributed by atoms with E-state index in [4.69, 9.17) is 4.98 Å². The summed E-state index contributed by atoms with van der Waals surface area (Å²) in [6.45, 7) is 6.67. The van der Waals surface area contributed by atoms with Gasteiger partial charge in [0, 0.05) is 30.9 Å². The summed E-state index contributed by atoms with van der Waals surface area (Å²) < 4.78 is 0. The summed E-state index contributed by atoms with van der Waals surface area (Å²) in [5.41, 5.74) is 2.23. The Hall–Kier alpha value is -1.77. The number of nitrogens with one attached hydrogen (secondary N) is 1. The maximum absolute atomic E-state index is 4.89. The van der Waals surface area contributed by atoms with Crippen LogP contribution >= 0.6 is 0 Å². The SMILES string of the molecule is CNc1c(C)nc(N2CCCC(C)C2)c2ccccc12. The monoisotopic (exact) mass is 269 g/mol. The molecule has 0 saturated carbocycles. The Labute approximate surface area is 121 Å². The molecular formula is C17H23N3. The second-order valence-electron chi connectivity index (χ2n) is 5.88. The molecular weight excluding hydrogens is 246 g/mol. The van der Waals surface area contributed by atoms with Gasteiger partial charge in [-0.15, -0.1) is 0 Å². The van der Waals surface area contributed by atoms with Crippen molar-refractivity contribution in [3.05, 3.63) is 30.0 Å². The number of hydrogen-bond donors (Lipinski definition) is 1. The first-order chi connectivity index (χ1) is 9.70. The third-order valence-corrected chi connectivity index (χ3v) is 4.28. The number of fused-ring (bicyclic) bond motifs is 1. The summed E-state index contributed by atoms with van der Waals surface area (Å²) >= 11 is 0. The maximum Gasteiger partial charge on any atom is 0.136 e. The molecule has 2 heterocycles. The van der Waals surface area contributed by atoms with Crippen LogP contribution in [0.5, 0.6) is 0 Å². The van der Waals surface area contributed by atoms with E-state index >= 15 is 0 Å². The van der Waals surface area contributed by atoms with Gasteiger partial charge in [-0.1, -0.05) is 31.2 Å². The minimum atomic E-state index is 0.758. The zero-order valence-electron chi connectivity index (χ0n) is 12.6. The van der Waals surface area contributed by atoms with Gasteiger partial charge in [0.25, 0.3) is 0 Å². The Balaban J connectivity index is 2.15. The molecule has 106 valence electrons. The van der Waals surface area contributed by atoms with Crippen LogP contribution in [-0.2, 0) is 0 Å². The fourth-order valence-corrected chi connectivity index (χ4v) is 3.30. The molecule has 1 aliphatic rings. The maximum atomic E-state index is 4.89. The number of anilines is 2.